The molecule has 2 aromatic carbocycles. The highest BCUT2D eigenvalue weighted by molar-refractivity contribution is 14.0. The van der Waals surface area contributed by atoms with Gasteiger partial charge in [0.25, 0.3) is 0 Å². The van der Waals surface area contributed by atoms with E-state index in [1.165, 1.54) is 6.07 Å². The number of ether oxygens (including phenoxy) is 1. The lowest BCUT2D eigenvalue weighted by atomic mass is 10.1. The first-order valence-electron chi connectivity index (χ1n) is 9.55. The van der Waals surface area contributed by atoms with Gasteiger partial charge in [0, 0.05) is 25.7 Å². The molecule has 0 fully saturated rings. The van der Waals surface area contributed by atoms with Gasteiger partial charge in [0.1, 0.15) is 5.75 Å². The minimum absolute atomic E-state index is 0. The zero-order valence-electron chi connectivity index (χ0n) is 17.8. The highest BCUT2D eigenvalue weighted by Crippen LogP contribution is 2.22. The predicted octanol–water partition coefficient (Wildman–Crippen LogP) is 3.30. The van der Waals surface area contributed by atoms with Gasteiger partial charge in [-0.2, -0.15) is 0 Å². The van der Waals surface area contributed by atoms with Gasteiger partial charge >= 0.3 is 0 Å². The maximum absolute atomic E-state index is 11.5. The molecule has 2 aromatic rings. The third kappa shape index (κ3) is 8.11. The molecule has 0 saturated heterocycles. The Morgan fingerprint density at radius 1 is 1.17 bits per heavy atom. The van der Waals surface area contributed by atoms with Crippen molar-refractivity contribution in [1.29, 1.82) is 0 Å². The van der Waals surface area contributed by atoms with Gasteiger partial charge < -0.3 is 15.4 Å². The lowest BCUT2D eigenvalue weighted by Gasteiger charge is -2.18. The number of primary sulfonamides is 1. The van der Waals surface area contributed by atoms with Gasteiger partial charge in [-0.25, -0.2) is 13.6 Å². The standard InChI is InChI=1S/C21H30N4O3S.HI/c1-5-16(3)28-20-11-15(2)9-10-18(20)14-25-21(23-4)24-13-17-7-6-8-19(12-17)29(22,26)27;/h6-12,16H,5,13-14H2,1-4H3,(H2,22,26,27)(H2,23,24,25);1H. The van der Waals surface area contributed by atoms with Crippen LogP contribution in [0.3, 0.4) is 0 Å². The molecule has 0 bridgehead atoms. The van der Waals surface area contributed by atoms with E-state index in [2.05, 4.69) is 35.5 Å². The van der Waals surface area contributed by atoms with Crippen LogP contribution in [0.4, 0.5) is 0 Å². The first kappa shape index (κ1) is 26.2. The Balaban J connectivity index is 0.00000450. The van der Waals surface area contributed by atoms with Crippen LogP contribution in [0.2, 0.25) is 0 Å². The molecule has 9 heteroatoms. The summed E-state index contributed by atoms with van der Waals surface area (Å²) >= 11 is 0. The van der Waals surface area contributed by atoms with Crippen LogP contribution in [-0.4, -0.2) is 27.5 Å². The molecule has 1 unspecified atom stereocenters. The number of hydrogen-bond donors (Lipinski definition) is 3. The SMILES string of the molecule is CCC(C)Oc1cc(C)ccc1CNC(=NC)NCc1cccc(S(N)(=O)=O)c1.I. The lowest BCUT2D eigenvalue weighted by molar-refractivity contribution is 0.215. The van der Waals surface area contributed by atoms with Crippen molar-refractivity contribution in [2.24, 2.45) is 10.1 Å². The number of sulfonamides is 1. The number of nitrogens with zero attached hydrogens (tertiary/aromatic N) is 1. The second kappa shape index (κ2) is 12.1. The van der Waals surface area contributed by atoms with E-state index in [1.807, 2.05) is 25.1 Å². The Bertz CT molecular complexity index is 964. The van der Waals surface area contributed by atoms with E-state index in [1.54, 1.807) is 19.2 Å². The number of guanidine groups is 1. The largest absolute Gasteiger partial charge is 0.490 e. The normalized spacial score (nSPS) is 12.6. The maximum atomic E-state index is 11.5. The van der Waals surface area contributed by atoms with Crippen LogP contribution in [0.15, 0.2) is 52.4 Å². The van der Waals surface area contributed by atoms with E-state index >= 15 is 0 Å². The molecule has 0 spiro atoms. The number of nitrogens with one attached hydrogen (secondary N) is 2. The fraction of sp³-hybridized carbons (Fsp3) is 0.381. The summed E-state index contributed by atoms with van der Waals surface area (Å²) in [7, 11) is -2.04. The topological polar surface area (TPSA) is 106 Å². The summed E-state index contributed by atoms with van der Waals surface area (Å²) in [5.41, 5.74) is 2.97. The minimum Gasteiger partial charge on any atom is -0.490 e. The van der Waals surface area contributed by atoms with Gasteiger partial charge in [0.15, 0.2) is 5.96 Å². The molecule has 0 radical (unpaired) electrons. The fourth-order valence-electron chi connectivity index (χ4n) is 2.64. The third-order valence-corrected chi connectivity index (χ3v) is 5.39. The summed E-state index contributed by atoms with van der Waals surface area (Å²) in [6.07, 6.45) is 1.07. The van der Waals surface area contributed by atoms with Crippen LogP contribution in [0, 0.1) is 6.92 Å². The van der Waals surface area contributed by atoms with Crippen molar-refractivity contribution in [3.05, 3.63) is 59.2 Å². The summed E-state index contributed by atoms with van der Waals surface area (Å²) < 4.78 is 29.1. The molecule has 7 nitrogen and oxygen atoms in total. The molecule has 0 heterocycles. The molecule has 1 atom stereocenters. The van der Waals surface area contributed by atoms with Crippen LogP contribution in [0.25, 0.3) is 0 Å². The molecule has 0 aromatic heterocycles. The number of benzene rings is 2. The number of rotatable bonds is 8. The van der Waals surface area contributed by atoms with Gasteiger partial charge in [-0.3, -0.25) is 4.99 Å². The number of halogens is 1. The summed E-state index contributed by atoms with van der Waals surface area (Å²) in [5, 5.41) is 11.6. The van der Waals surface area contributed by atoms with Crippen LogP contribution in [0.1, 0.15) is 37.0 Å². The zero-order chi connectivity index (χ0) is 21.4. The fourth-order valence-corrected chi connectivity index (χ4v) is 3.22. The molecular weight excluding hydrogens is 515 g/mol. The van der Waals surface area contributed by atoms with Crippen molar-refractivity contribution in [3.63, 3.8) is 0 Å². The van der Waals surface area contributed by atoms with Crippen molar-refractivity contribution in [1.82, 2.24) is 10.6 Å². The van der Waals surface area contributed by atoms with E-state index in [0.717, 1.165) is 28.9 Å². The Labute approximate surface area is 196 Å². The van der Waals surface area contributed by atoms with Gasteiger partial charge in [-0.1, -0.05) is 31.2 Å². The average molecular weight is 546 g/mol. The molecule has 166 valence electrons. The molecule has 0 aliphatic carbocycles. The van der Waals surface area contributed by atoms with E-state index in [4.69, 9.17) is 9.88 Å². The Morgan fingerprint density at radius 2 is 1.87 bits per heavy atom. The first-order valence-corrected chi connectivity index (χ1v) is 11.1. The molecular formula is C21H31IN4O3S. The molecule has 0 saturated carbocycles. The van der Waals surface area contributed by atoms with Gasteiger partial charge in [0.2, 0.25) is 10.0 Å². The monoisotopic (exact) mass is 546 g/mol. The summed E-state index contributed by atoms with van der Waals surface area (Å²) in [5.74, 6) is 1.46. The van der Waals surface area contributed by atoms with Crippen LogP contribution in [-0.2, 0) is 23.1 Å². The molecule has 0 amide bonds. The van der Waals surface area contributed by atoms with E-state index in [9.17, 15) is 8.42 Å². The van der Waals surface area contributed by atoms with Gasteiger partial charge in [-0.05, 0) is 49.6 Å². The van der Waals surface area contributed by atoms with Crippen molar-refractivity contribution >= 4 is 40.0 Å². The predicted molar refractivity (Wildman–Crippen MR) is 132 cm³/mol. The summed E-state index contributed by atoms with van der Waals surface area (Å²) in [6, 6.07) is 12.6. The smallest absolute Gasteiger partial charge is 0.238 e. The molecule has 0 aliphatic heterocycles. The van der Waals surface area contributed by atoms with Crippen molar-refractivity contribution in [3.8, 4) is 5.75 Å². The van der Waals surface area contributed by atoms with Crippen LogP contribution >= 0.6 is 24.0 Å². The number of hydrogen-bond acceptors (Lipinski definition) is 4. The number of aliphatic imine (C=N–C) groups is 1. The quantitative estimate of drug-likeness (QED) is 0.268. The Kier molecular flexibility index (Phi) is 10.6. The number of nitrogens with two attached hydrogens (primary N) is 1. The summed E-state index contributed by atoms with van der Waals surface area (Å²) in [6.45, 7) is 7.14. The first-order chi connectivity index (χ1) is 13.7. The maximum Gasteiger partial charge on any atom is 0.238 e. The van der Waals surface area contributed by atoms with Crippen LogP contribution in [0.5, 0.6) is 5.75 Å². The zero-order valence-corrected chi connectivity index (χ0v) is 21.0. The second-order valence-electron chi connectivity index (χ2n) is 6.92. The molecule has 2 rings (SSSR count). The van der Waals surface area contributed by atoms with Crippen molar-refractivity contribution in [2.75, 3.05) is 7.05 Å². The average Bonchev–Trinajstić information content (AvgIpc) is 2.68. The van der Waals surface area contributed by atoms with E-state index in [0.29, 0.717) is 19.0 Å². The highest BCUT2D eigenvalue weighted by atomic mass is 127. The van der Waals surface area contributed by atoms with Gasteiger partial charge in [0.05, 0.1) is 11.0 Å². The van der Waals surface area contributed by atoms with E-state index in [-0.39, 0.29) is 35.0 Å². The van der Waals surface area contributed by atoms with Crippen LogP contribution < -0.4 is 20.5 Å². The number of aryl methyl sites for hydroxylation is 1. The van der Waals surface area contributed by atoms with Crippen molar-refractivity contribution in [2.45, 2.75) is 51.3 Å². The molecule has 30 heavy (non-hydrogen) atoms. The van der Waals surface area contributed by atoms with Gasteiger partial charge in [-0.15, -0.1) is 24.0 Å². The Hall–Kier alpha value is -1.85. The second-order valence-corrected chi connectivity index (χ2v) is 8.48. The minimum atomic E-state index is -3.72. The third-order valence-electron chi connectivity index (χ3n) is 4.48. The Morgan fingerprint density at radius 3 is 2.50 bits per heavy atom. The lowest BCUT2D eigenvalue weighted by Crippen LogP contribution is -2.36. The highest BCUT2D eigenvalue weighted by Gasteiger charge is 2.10. The van der Waals surface area contributed by atoms with Crippen molar-refractivity contribution < 1.29 is 13.2 Å². The molecule has 4 N–H and O–H groups in total. The molecule has 0 aliphatic rings. The van der Waals surface area contributed by atoms with E-state index < -0.39 is 10.0 Å². The summed E-state index contributed by atoms with van der Waals surface area (Å²) in [4.78, 5) is 4.31.